The highest BCUT2D eigenvalue weighted by molar-refractivity contribution is 5.48. The van der Waals surface area contributed by atoms with Crippen LogP contribution in [0.25, 0.3) is 0 Å². The van der Waals surface area contributed by atoms with E-state index >= 15 is 0 Å². The fraction of sp³-hybridized carbons (Fsp3) is 0.647. The highest BCUT2D eigenvalue weighted by Crippen LogP contribution is 2.35. The van der Waals surface area contributed by atoms with E-state index in [1.807, 2.05) is 0 Å². The van der Waals surface area contributed by atoms with Gasteiger partial charge in [0.1, 0.15) is 0 Å². The Morgan fingerprint density at radius 3 is 1.95 bits per heavy atom. The molecule has 0 radical (unpaired) electrons. The summed E-state index contributed by atoms with van der Waals surface area (Å²) in [6.07, 6.45) is 0. The molecule has 2 heteroatoms. The van der Waals surface area contributed by atoms with Gasteiger partial charge in [-0.25, -0.2) is 0 Å². The molecular weight excluding hydrogens is 232 g/mol. The Labute approximate surface area is 118 Å². The minimum absolute atomic E-state index is 0.329. The summed E-state index contributed by atoms with van der Waals surface area (Å²) in [7, 11) is 2.20. The van der Waals surface area contributed by atoms with Crippen LogP contribution >= 0.6 is 0 Å². The van der Waals surface area contributed by atoms with Gasteiger partial charge in [-0.05, 0) is 36.1 Å². The van der Waals surface area contributed by atoms with Crippen LogP contribution in [0.2, 0.25) is 0 Å². The predicted molar refractivity (Wildman–Crippen MR) is 84.0 cm³/mol. The van der Waals surface area contributed by atoms with Gasteiger partial charge < -0.3 is 9.80 Å². The van der Waals surface area contributed by atoms with Crippen molar-refractivity contribution in [1.29, 1.82) is 0 Å². The number of nitrogens with zero attached hydrogens (tertiary/aromatic N) is 2. The molecule has 0 aliphatic carbocycles. The molecule has 1 heterocycles. The average molecular weight is 260 g/mol. The Hall–Kier alpha value is -1.02. The first-order valence-electron chi connectivity index (χ1n) is 7.41. The maximum Gasteiger partial charge on any atom is 0.0367 e. The predicted octanol–water partition coefficient (Wildman–Crippen LogP) is 3.59. The number of hydrogen-bond donors (Lipinski definition) is 0. The lowest BCUT2D eigenvalue weighted by atomic mass is 9.78. The average Bonchev–Trinajstić information content (AvgIpc) is 2.38. The zero-order valence-electron chi connectivity index (χ0n) is 13.1. The van der Waals surface area contributed by atoms with Gasteiger partial charge in [0.05, 0.1) is 0 Å². The summed E-state index contributed by atoms with van der Waals surface area (Å²) in [6.45, 7) is 13.9. The van der Waals surface area contributed by atoms with Crippen molar-refractivity contribution < 1.29 is 0 Å². The van der Waals surface area contributed by atoms with E-state index in [-0.39, 0.29) is 0 Å². The summed E-state index contributed by atoms with van der Waals surface area (Å²) in [5.41, 5.74) is 3.15. The van der Waals surface area contributed by atoms with E-state index in [2.05, 4.69) is 68.8 Å². The summed E-state index contributed by atoms with van der Waals surface area (Å²) >= 11 is 0. The monoisotopic (exact) mass is 260 g/mol. The van der Waals surface area contributed by atoms with Gasteiger partial charge in [0.2, 0.25) is 0 Å². The number of benzene rings is 1. The highest BCUT2D eigenvalue weighted by Gasteiger charge is 2.22. The van der Waals surface area contributed by atoms with Crippen molar-refractivity contribution in [3.05, 3.63) is 29.8 Å². The van der Waals surface area contributed by atoms with Crippen molar-refractivity contribution in [2.75, 3.05) is 38.1 Å². The molecule has 1 atom stereocenters. The zero-order chi connectivity index (χ0) is 14.0. The van der Waals surface area contributed by atoms with Gasteiger partial charge >= 0.3 is 0 Å². The van der Waals surface area contributed by atoms with E-state index in [1.54, 1.807) is 0 Å². The number of piperazine rings is 1. The molecule has 0 aromatic heterocycles. The summed E-state index contributed by atoms with van der Waals surface area (Å²) in [5, 5.41) is 0. The summed E-state index contributed by atoms with van der Waals surface area (Å²) in [4.78, 5) is 4.89. The smallest absolute Gasteiger partial charge is 0.0367 e. The van der Waals surface area contributed by atoms with Crippen LogP contribution < -0.4 is 4.90 Å². The summed E-state index contributed by atoms with van der Waals surface area (Å²) in [5.74, 6) is 0.592. The van der Waals surface area contributed by atoms with Gasteiger partial charge in [0.25, 0.3) is 0 Å². The van der Waals surface area contributed by atoms with E-state index in [4.69, 9.17) is 0 Å². The Bertz CT molecular complexity index is 394. The molecule has 1 saturated heterocycles. The van der Waals surface area contributed by atoms with Crippen LogP contribution in [0.1, 0.15) is 39.2 Å². The standard InChI is InChI=1S/C17H28N2/c1-14(17(2,3)4)15-6-8-16(9-7-15)19-12-10-18(5)11-13-19/h6-9,14H,10-13H2,1-5H3/t14-/m1/s1. The van der Waals surface area contributed by atoms with E-state index in [1.165, 1.54) is 24.3 Å². The van der Waals surface area contributed by atoms with Crippen LogP contribution in [0.5, 0.6) is 0 Å². The second-order valence-corrected chi connectivity index (χ2v) is 6.97. The van der Waals surface area contributed by atoms with E-state index in [9.17, 15) is 0 Å². The molecule has 0 amide bonds. The molecule has 19 heavy (non-hydrogen) atoms. The molecule has 0 bridgehead atoms. The first-order chi connectivity index (χ1) is 8.88. The molecule has 1 aliphatic heterocycles. The van der Waals surface area contributed by atoms with Crippen LogP contribution in [0.3, 0.4) is 0 Å². The first kappa shape index (κ1) is 14.4. The maximum absolute atomic E-state index is 2.49. The number of anilines is 1. The van der Waals surface area contributed by atoms with Crippen LogP contribution in [0.15, 0.2) is 24.3 Å². The Kier molecular flexibility index (Phi) is 4.19. The molecule has 0 spiro atoms. The molecule has 1 aliphatic rings. The number of hydrogen-bond acceptors (Lipinski definition) is 2. The molecule has 0 unspecified atom stereocenters. The second kappa shape index (κ2) is 5.54. The fourth-order valence-electron chi connectivity index (χ4n) is 2.54. The molecule has 0 N–H and O–H groups in total. The van der Waals surface area contributed by atoms with Crippen molar-refractivity contribution >= 4 is 5.69 Å². The Morgan fingerprint density at radius 1 is 0.947 bits per heavy atom. The van der Waals surface area contributed by atoms with Crippen molar-refractivity contribution in [1.82, 2.24) is 4.90 Å². The quantitative estimate of drug-likeness (QED) is 0.802. The number of rotatable bonds is 2. The van der Waals surface area contributed by atoms with Crippen LogP contribution in [-0.2, 0) is 0 Å². The molecule has 2 rings (SSSR count). The van der Waals surface area contributed by atoms with Gasteiger partial charge in [0.15, 0.2) is 0 Å². The molecule has 1 aromatic rings. The lowest BCUT2D eigenvalue weighted by Crippen LogP contribution is -2.44. The SMILES string of the molecule is C[C@H](c1ccc(N2CCN(C)CC2)cc1)C(C)(C)C. The number of likely N-dealkylation sites (N-methyl/N-ethyl adjacent to an activating group) is 1. The van der Waals surface area contributed by atoms with Crippen molar-refractivity contribution in [3.63, 3.8) is 0 Å². The van der Waals surface area contributed by atoms with Crippen molar-refractivity contribution in [3.8, 4) is 0 Å². The lowest BCUT2D eigenvalue weighted by Gasteiger charge is -2.34. The first-order valence-corrected chi connectivity index (χ1v) is 7.41. The van der Waals surface area contributed by atoms with Gasteiger partial charge in [-0.15, -0.1) is 0 Å². The molecule has 0 saturated carbocycles. The molecule has 1 fully saturated rings. The van der Waals surface area contributed by atoms with E-state index < -0.39 is 0 Å². The Morgan fingerprint density at radius 2 is 1.47 bits per heavy atom. The van der Waals surface area contributed by atoms with E-state index in [0.29, 0.717) is 11.3 Å². The second-order valence-electron chi connectivity index (χ2n) is 6.97. The molecule has 106 valence electrons. The Balaban J connectivity index is 2.06. The molecular formula is C17H28N2. The normalized spacial score (nSPS) is 19.5. The van der Waals surface area contributed by atoms with E-state index in [0.717, 1.165) is 13.1 Å². The summed E-state index contributed by atoms with van der Waals surface area (Å²) in [6, 6.07) is 9.21. The topological polar surface area (TPSA) is 6.48 Å². The maximum atomic E-state index is 2.49. The van der Waals surface area contributed by atoms with Gasteiger partial charge in [-0.2, -0.15) is 0 Å². The van der Waals surface area contributed by atoms with Crippen LogP contribution in [-0.4, -0.2) is 38.1 Å². The molecule has 1 aromatic carbocycles. The van der Waals surface area contributed by atoms with Gasteiger partial charge in [0, 0.05) is 31.9 Å². The minimum atomic E-state index is 0.329. The largest absolute Gasteiger partial charge is 0.369 e. The molecule has 2 nitrogen and oxygen atoms in total. The third-order valence-corrected chi connectivity index (χ3v) is 4.56. The minimum Gasteiger partial charge on any atom is -0.369 e. The summed E-state index contributed by atoms with van der Waals surface area (Å²) < 4.78 is 0. The van der Waals surface area contributed by atoms with Crippen LogP contribution in [0, 0.1) is 5.41 Å². The fourth-order valence-corrected chi connectivity index (χ4v) is 2.54. The lowest BCUT2D eigenvalue weighted by molar-refractivity contribution is 0.313. The van der Waals surface area contributed by atoms with Gasteiger partial charge in [-0.3, -0.25) is 0 Å². The van der Waals surface area contributed by atoms with Crippen molar-refractivity contribution in [2.45, 2.75) is 33.6 Å². The third kappa shape index (κ3) is 3.50. The highest BCUT2D eigenvalue weighted by atomic mass is 15.2. The zero-order valence-corrected chi connectivity index (χ0v) is 13.1. The third-order valence-electron chi connectivity index (χ3n) is 4.56. The van der Waals surface area contributed by atoms with Gasteiger partial charge in [-0.1, -0.05) is 39.8 Å². The van der Waals surface area contributed by atoms with Crippen molar-refractivity contribution in [2.24, 2.45) is 5.41 Å². The van der Waals surface area contributed by atoms with Crippen LogP contribution in [0.4, 0.5) is 5.69 Å².